The van der Waals surface area contributed by atoms with Crippen LogP contribution in [0.25, 0.3) is 5.57 Å². The summed E-state index contributed by atoms with van der Waals surface area (Å²) < 4.78 is 26.1. The van der Waals surface area contributed by atoms with Gasteiger partial charge in [-0.3, -0.25) is 0 Å². The van der Waals surface area contributed by atoms with Crippen LogP contribution in [0, 0.1) is 0 Å². The van der Waals surface area contributed by atoms with Crippen LogP contribution in [0.3, 0.4) is 0 Å². The molecule has 2 saturated heterocycles. The van der Waals surface area contributed by atoms with E-state index in [4.69, 9.17) is 18.6 Å². The molecule has 0 aliphatic carbocycles. The van der Waals surface area contributed by atoms with Gasteiger partial charge in [-0.15, -0.1) is 0 Å². The van der Waals surface area contributed by atoms with E-state index in [1.54, 1.807) is 0 Å². The van der Waals surface area contributed by atoms with Crippen molar-refractivity contribution < 1.29 is 18.6 Å². The van der Waals surface area contributed by atoms with Gasteiger partial charge in [0, 0.05) is 0 Å². The second-order valence-electron chi connectivity index (χ2n) is 11.1. The van der Waals surface area contributed by atoms with Crippen LogP contribution in [0.5, 0.6) is 0 Å². The molecule has 1 aromatic carbocycles. The van der Waals surface area contributed by atoms with Gasteiger partial charge in [0.25, 0.3) is 0 Å². The molecule has 2 aliphatic heterocycles. The molecule has 0 amide bonds. The Balaban J connectivity index is 2.16. The lowest BCUT2D eigenvalue weighted by atomic mass is 9.60. The number of unbranched alkanes of at least 4 members (excludes halogenated alkanes) is 1. The first-order chi connectivity index (χ1) is 14.7. The van der Waals surface area contributed by atoms with E-state index < -0.39 is 36.6 Å². The molecule has 0 spiro atoms. The average molecular weight is 438 g/mol. The highest BCUT2D eigenvalue weighted by Gasteiger charge is 2.56. The van der Waals surface area contributed by atoms with Gasteiger partial charge in [0.15, 0.2) is 0 Å². The lowest BCUT2D eigenvalue weighted by Gasteiger charge is -2.32. The summed E-state index contributed by atoms with van der Waals surface area (Å²) in [5.41, 5.74) is 2.19. The van der Waals surface area contributed by atoms with Crippen molar-refractivity contribution in [2.45, 2.75) is 104 Å². The van der Waals surface area contributed by atoms with Gasteiger partial charge in [-0.2, -0.15) is 0 Å². The van der Waals surface area contributed by atoms with E-state index in [1.807, 2.05) is 18.2 Å². The molecule has 4 nitrogen and oxygen atoms in total. The van der Waals surface area contributed by atoms with E-state index in [0.29, 0.717) is 0 Å². The Kier molecular flexibility index (Phi) is 6.95. The highest BCUT2D eigenvalue weighted by Crippen LogP contribution is 2.45. The highest BCUT2D eigenvalue weighted by atomic mass is 16.7. The molecule has 0 saturated carbocycles. The van der Waals surface area contributed by atoms with E-state index in [-0.39, 0.29) is 0 Å². The fraction of sp³-hybridized carbons (Fsp3) is 0.615. The molecule has 32 heavy (non-hydrogen) atoms. The Labute approximate surface area is 196 Å². The zero-order valence-corrected chi connectivity index (χ0v) is 21.5. The van der Waals surface area contributed by atoms with Crippen molar-refractivity contribution in [3.63, 3.8) is 0 Å². The fourth-order valence-corrected chi connectivity index (χ4v) is 3.98. The van der Waals surface area contributed by atoms with E-state index in [9.17, 15) is 0 Å². The van der Waals surface area contributed by atoms with Crippen molar-refractivity contribution in [3.05, 3.63) is 53.4 Å². The van der Waals surface area contributed by atoms with E-state index in [2.05, 4.69) is 81.0 Å². The molecule has 2 aliphatic rings. The van der Waals surface area contributed by atoms with Crippen LogP contribution in [-0.4, -0.2) is 36.6 Å². The van der Waals surface area contributed by atoms with Crippen LogP contribution < -0.4 is 0 Å². The van der Waals surface area contributed by atoms with Gasteiger partial charge in [0.05, 0.1) is 22.4 Å². The van der Waals surface area contributed by atoms with Crippen molar-refractivity contribution in [1.29, 1.82) is 0 Å². The van der Waals surface area contributed by atoms with Gasteiger partial charge >= 0.3 is 14.2 Å². The monoisotopic (exact) mass is 438 g/mol. The first-order valence-corrected chi connectivity index (χ1v) is 11.9. The third kappa shape index (κ3) is 4.65. The second kappa shape index (κ2) is 8.79. The van der Waals surface area contributed by atoms with Crippen LogP contribution in [-0.2, 0) is 18.6 Å². The van der Waals surface area contributed by atoms with Crippen molar-refractivity contribution in [3.8, 4) is 0 Å². The lowest BCUT2D eigenvalue weighted by molar-refractivity contribution is 0.00578. The van der Waals surface area contributed by atoms with Gasteiger partial charge in [-0.05, 0) is 83.9 Å². The van der Waals surface area contributed by atoms with Gasteiger partial charge in [-0.25, -0.2) is 0 Å². The normalized spacial score (nSPS) is 23.9. The van der Waals surface area contributed by atoms with Gasteiger partial charge in [0.1, 0.15) is 0 Å². The molecule has 2 heterocycles. The van der Waals surface area contributed by atoms with Crippen LogP contribution in [0.1, 0.15) is 87.1 Å². The van der Waals surface area contributed by atoms with Crippen LogP contribution in [0.2, 0.25) is 0 Å². The molecular weight excluding hydrogens is 398 g/mol. The summed E-state index contributed by atoms with van der Waals surface area (Å²) in [6, 6.07) is 10.2. The van der Waals surface area contributed by atoms with E-state index in [1.165, 1.54) is 0 Å². The van der Waals surface area contributed by atoms with Crippen molar-refractivity contribution in [2.24, 2.45) is 0 Å². The Bertz CT molecular complexity index is 839. The third-order valence-electron chi connectivity index (χ3n) is 7.62. The molecule has 174 valence electrons. The number of hydrogen-bond donors (Lipinski definition) is 0. The molecular formula is C26H40B2O4. The number of allylic oxidation sites excluding steroid dienone is 3. The summed E-state index contributed by atoms with van der Waals surface area (Å²) in [5.74, 6) is 0. The Hall–Kier alpha value is -1.33. The maximum Gasteiger partial charge on any atom is 0.494 e. The number of rotatable bonds is 7. The topological polar surface area (TPSA) is 36.9 Å². The fourth-order valence-electron chi connectivity index (χ4n) is 3.98. The summed E-state index contributed by atoms with van der Waals surface area (Å²) >= 11 is 0. The largest absolute Gasteiger partial charge is 0.494 e. The minimum atomic E-state index is -0.543. The molecule has 2 fully saturated rings. The molecule has 0 N–H and O–H groups in total. The molecule has 1 aromatic rings. The molecule has 3 rings (SSSR count). The minimum absolute atomic E-state index is 0.426. The zero-order chi connectivity index (χ0) is 23.9. The van der Waals surface area contributed by atoms with Gasteiger partial charge < -0.3 is 18.6 Å². The average Bonchev–Trinajstić information content (AvgIpc) is 3.04. The van der Waals surface area contributed by atoms with E-state index >= 15 is 0 Å². The summed E-state index contributed by atoms with van der Waals surface area (Å²) in [6.45, 7) is 23.4. The Morgan fingerprint density at radius 1 is 0.750 bits per heavy atom. The van der Waals surface area contributed by atoms with Crippen molar-refractivity contribution in [2.75, 3.05) is 0 Å². The molecule has 0 aromatic heterocycles. The first kappa shape index (κ1) is 25.3. The van der Waals surface area contributed by atoms with Crippen molar-refractivity contribution in [1.82, 2.24) is 0 Å². The predicted molar refractivity (Wildman–Crippen MR) is 134 cm³/mol. The summed E-state index contributed by atoms with van der Waals surface area (Å²) in [4.78, 5) is 0. The maximum atomic E-state index is 6.54. The Morgan fingerprint density at radius 3 is 1.62 bits per heavy atom. The molecule has 0 bridgehead atoms. The maximum absolute atomic E-state index is 6.54. The number of benzene rings is 1. The van der Waals surface area contributed by atoms with Crippen molar-refractivity contribution >= 4 is 19.8 Å². The van der Waals surface area contributed by atoms with Crippen LogP contribution in [0.4, 0.5) is 0 Å². The zero-order valence-electron chi connectivity index (χ0n) is 21.5. The quantitative estimate of drug-likeness (QED) is 0.362. The lowest BCUT2D eigenvalue weighted by Crippen LogP contribution is -2.41. The van der Waals surface area contributed by atoms with Crippen LogP contribution >= 0.6 is 0 Å². The molecule has 0 radical (unpaired) electrons. The first-order valence-electron chi connectivity index (χ1n) is 11.9. The third-order valence-corrected chi connectivity index (χ3v) is 7.62. The van der Waals surface area contributed by atoms with Gasteiger partial charge in [0.2, 0.25) is 0 Å². The molecule has 6 heteroatoms. The SMILES string of the molecule is C=C(/C(B1OC(C)(C)C(C)(C)O1)=C(/CCCC)B1OC(C)(C)C(C)(C)O1)c1ccccc1. The smallest absolute Gasteiger partial charge is 0.400 e. The van der Waals surface area contributed by atoms with Gasteiger partial charge in [-0.1, -0.05) is 56.7 Å². The second-order valence-corrected chi connectivity index (χ2v) is 11.1. The standard InChI is InChI=1S/C26H40B2O4/c1-11-12-18-21(27-29-23(3,4)24(5,6)30-27)22(19(2)20-16-14-13-15-17-20)28-31-25(7,8)26(9,10)32-28/h13-17H,2,11-12,18H2,1,3-10H3/b22-21+. The van der Waals surface area contributed by atoms with E-state index in [0.717, 1.165) is 41.3 Å². The Morgan fingerprint density at radius 2 is 1.19 bits per heavy atom. The predicted octanol–water partition coefficient (Wildman–Crippen LogP) is 6.45. The van der Waals surface area contributed by atoms with Crippen LogP contribution in [0.15, 0.2) is 47.9 Å². The summed E-state index contributed by atoms with van der Waals surface area (Å²) in [5, 5.41) is 0. The minimum Gasteiger partial charge on any atom is -0.400 e. The number of hydrogen-bond acceptors (Lipinski definition) is 4. The summed E-state index contributed by atoms with van der Waals surface area (Å²) in [6.07, 6.45) is 2.92. The molecule has 0 unspecified atom stereocenters. The summed E-state index contributed by atoms with van der Waals surface area (Å²) in [7, 11) is -1.01. The molecule has 0 atom stereocenters. The highest BCUT2D eigenvalue weighted by molar-refractivity contribution is 6.65.